The molecule has 2 rings (SSSR count). The molecule has 0 saturated carbocycles. The summed E-state index contributed by atoms with van der Waals surface area (Å²) in [5.41, 5.74) is 1.91. The zero-order valence-corrected chi connectivity index (χ0v) is 14.5. The number of anilines is 1. The van der Waals surface area contributed by atoms with E-state index < -0.39 is 0 Å². The Balaban J connectivity index is 1.87. The van der Waals surface area contributed by atoms with Crippen molar-refractivity contribution >= 4 is 23.5 Å². The Labute approximate surface area is 137 Å². The molecule has 1 saturated heterocycles. The molecule has 22 heavy (non-hydrogen) atoms. The minimum Gasteiger partial charge on any atom is -0.374 e. The van der Waals surface area contributed by atoms with Gasteiger partial charge >= 0.3 is 6.03 Å². The molecular weight excluding hydrogens is 296 g/mol. The number of hydrogen-bond donors (Lipinski definition) is 1. The maximum Gasteiger partial charge on any atom is 0.321 e. The number of urea groups is 1. The van der Waals surface area contributed by atoms with Crippen LogP contribution in [0.15, 0.2) is 24.3 Å². The molecule has 1 N–H and O–H groups in total. The third kappa shape index (κ3) is 5.21. The Morgan fingerprint density at radius 3 is 3.05 bits per heavy atom. The van der Waals surface area contributed by atoms with Gasteiger partial charge in [0.1, 0.15) is 0 Å². The summed E-state index contributed by atoms with van der Waals surface area (Å²) in [6.45, 7) is 6.32. The van der Waals surface area contributed by atoms with Gasteiger partial charge in [0.15, 0.2) is 0 Å². The number of carbonyl (C=O) groups is 1. The number of thioether (sulfide) groups is 1. The highest BCUT2D eigenvalue weighted by atomic mass is 32.2. The van der Waals surface area contributed by atoms with E-state index in [1.165, 1.54) is 0 Å². The van der Waals surface area contributed by atoms with Crippen LogP contribution in [-0.4, -0.2) is 42.1 Å². The second-order valence-electron chi connectivity index (χ2n) is 6.05. The van der Waals surface area contributed by atoms with E-state index in [4.69, 9.17) is 4.74 Å². The molecule has 0 unspecified atom stereocenters. The molecule has 4 nitrogen and oxygen atoms in total. The van der Waals surface area contributed by atoms with Crippen molar-refractivity contribution in [3.63, 3.8) is 0 Å². The van der Waals surface area contributed by atoms with Crippen molar-refractivity contribution in [2.75, 3.05) is 30.4 Å². The van der Waals surface area contributed by atoms with Gasteiger partial charge in [0.25, 0.3) is 0 Å². The second kappa shape index (κ2) is 8.44. The average molecular weight is 322 g/mol. The summed E-state index contributed by atoms with van der Waals surface area (Å²) >= 11 is 1.85. The second-order valence-corrected chi connectivity index (χ2v) is 6.96. The number of hydrogen-bond acceptors (Lipinski definition) is 3. The summed E-state index contributed by atoms with van der Waals surface area (Å²) in [5.74, 6) is 1.76. The van der Waals surface area contributed by atoms with Crippen molar-refractivity contribution in [3.05, 3.63) is 29.8 Å². The molecule has 1 aliphatic heterocycles. The van der Waals surface area contributed by atoms with Crippen LogP contribution in [0.5, 0.6) is 0 Å². The van der Waals surface area contributed by atoms with E-state index in [9.17, 15) is 4.79 Å². The highest BCUT2D eigenvalue weighted by molar-refractivity contribution is 7.98. The molecule has 1 atom stereocenters. The summed E-state index contributed by atoms with van der Waals surface area (Å²) in [6, 6.07) is 7.88. The molecule has 0 aromatic heterocycles. The van der Waals surface area contributed by atoms with Crippen LogP contribution in [-0.2, 0) is 11.3 Å². The van der Waals surface area contributed by atoms with Gasteiger partial charge in [0.2, 0.25) is 0 Å². The van der Waals surface area contributed by atoms with Crippen LogP contribution in [0.25, 0.3) is 0 Å². The van der Waals surface area contributed by atoms with Gasteiger partial charge in [-0.25, -0.2) is 4.79 Å². The fourth-order valence-corrected chi connectivity index (χ4v) is 3.34. The fraction of sp³-hybridized carbons (Fsp3) is 0.588. The SMILES string of the molecule is CSC[C@H]1CCN(C(=O)Nc2cccc(COC(C)C)c2)C1. The first-order valence-corrected chi connectivity index (χ1v) is 9.23. The molecule has 0 aliphatic carbocycles. The van der Waals surface area contributed by atoms with Crippen LogP contribution in [0.2, 0.25) is 0 Å². The number of ether oxygens (including phenoxy) is 1. The van der Waals surface area contributed by atoms with Gasteiger partial charge in [-0.2, -0.15) is 11.8 Å². The Morgan fingerprint density at radius 1 is 1.50 bits per heavy atom. The van der Waals surface area contributed by atoms with Gasteiger partial charge in [-0.05, 0) is 55.9 Å². The van der Waals surface area contributed by atoms with Gasteiger partial charge in [-0.3, -0.25) is 0 Å². The van der Waals surface area contributed by atoms with Gasteiger partial charge in [-0.1, -0.05) is 12.1 Å². The van der Waals surface area contributed by atoms with Crippen molar-refractivity contribution in [2.24, 2.45) is 5.92 Å². The van der Waals surface area contributed by atoms with Gasteiger partial charge < -0.3 is 15.0 Å². The lowest BCUT2D eigenvalue weighted by Gasteiger charge is -2.18. The maximum absolute atomic E-state index is 12.3. The average Bonchev–Trinajstić information content (AvgIpc) is 2.95. The van der Waals surface area contributed by atoms with E-state index in [0.717, 1.165) is 36.5 Å². The fourth-order valence-electron chi connectivity index (χ4n) is 2.59. The third-order valence-corrected chi connectivity index (χ3v) is 4.54. The number of amides is 2. The summed E-state index contributed by atoms with van der Waals surface area (Å²) < 4.78 is 5.60. The smallest absolute Gasteiger partial charge is 0.321 e. The van der Waals surface area contributed by atoms with Crippen molar-refractivity contribution in [1.29, 1.82) is 0 Å². The van der Waals surface area contributed by atoms with Gasteiger partial charge in [0, 0.05) is 18.8 Å². The van der Waals surface area contributed by atoms with E-state index in [2.05, 4.69) is 11.6 Å². The molecule has 0 spiro atoms. The van der Waals surface area contributed by atoms with E-state index in [1.54, 1.807) is 0 Å². The van der Waals surface area contributed by atoms with Crippen LogP contribution in [0.3, 0.4) is 0 Å². The zero-order chi connectivity index (χ0) is 15.9. The Kier molecular flexibility index (Phi) is 6.58. The molecule has 1 fully saturated rings. The van der Waals surface area contributed by atoms with E-state index in [-0.39, 0.29) is 12.1 Å². The first-order chi connectivity index (χ1) is 10.6. The van der Waals surface area contributed by atoms with Crippen molar-refractivity contribution in [1.82, 2.24) is 4.90 Å². The standard InChI is InChI=1S/C17H26N2O2S/c1-13(2)21-11-14-5-4-6-16(9-14)18-17(20)19-8-7-15(10-19)12-22-3/h4-6,9,13,15H,7-8,10-12H2,1-3H3,(H,18,20)/t15-/m0/s1. The molecular formula is C17H26N2O2S. The lowest BCUT2D eigenvalue weighted by Crippen LogP contribution is -2.33. The molecule has 0 bridgehead atoms. The van der Waals surface area contributed by atoms with Gasteiger partial charge in [-0.15, -0.1) is 0 Å². The number of carbonyl (C=O) groups excluding carboxylic acids is 1. The maximum atomic E-state index is 12.3. The van der Waals surface area contributed by atoms with Crippen LogP contribution in [0, 0.1) is 5.92 Å². The molecule has 2 amide bonds. The van der Waals surface area contributed by atoms with Crippen LogP contribution in [0.4, 0.5) is 10.5 Å². The quantitative estimate of drug-likeness (QED) is 0.865. The molecule has 5 heteroatoms. The predicted molar refractivity (Wildman–Crippen MR) is 93.4 cm³/mol. The summed E-state index contributed by atoms with van der Waals surface area (Å²) in [7, 11) is 0. The number of rotatable bonds is 6. The third-order valence-electron chi connectivity index (χ3n) is 3.74. The first kappa shape index (κ1) is 17.2. The minimum atomic E-state index is 0.00512. The summed E-state index contributed by atoms with van der Waals surface area (Å²) in [6.07, 6.45) is 3.43. The lowest BCUT2D eigenvalue weighted by molar-refractivity contribution is 0.0657. The molecule has 0 radical (unpaired) electrons. The molecule has 1 aromatic carbocycles. The highest BCUT2D eigenvalue weighted by Crippen LogP contribution is 2.21. The molecule has 1 aliphatic rings. The Hall–Kier alpha value is -1.20. The van der Waals surface area contributed by atoms with E-state index >= 15 is 0 Å². The number of nitrogens with one attached hydrogen (secondary N) is 1. The summed E-state index contributed by atoms with van der Waals surface area (Å²) in [5, 5.41) is 3.00. The largest absolute Gasteiger partial charge is 0.374 e. The van der Waals surface area contributed by atoms with Gasteiger partial charge in [0.05, 0.1) is 12.7 Å². The summed E-state index contributed by atoms with van der Waals surface area (Å²) in [4.78, 5) is 14.2. The normalized spacial score (nSPS) is 18.0. The first-order valence-electron chi connectivity index (χ1n) is 7.84. The van der Waals surface area contributed by atoms with E-state index in [0.29, 0.717) is 12.5 Å². The highest BCUT2D eigenvalue weighted by Gasteiger charge is 2.25. The Morgan fingerprint density at radius 2 is 2.32 bits per heavy atom. The van der Waals surface area contributed by atoms with Crippen LogP contribution < -0.4 is 5.32 Å². The van der Waals surface area contributed by atoms with Crippen LogP contribution >= 0.6 is 11.8 Å². The number of nitrogens with zero attached hydrogens (tertiary/aromatic N) is 1. The molecule has 1 heterocycles. The van der Waals surface area contributed by atoms with Crippen molar-refractivity contribution < 1.29 is 9.53 Å². The zero-order valence-electron chi connectivity index (χ0n) is 13.7. The lowest BCUT2D eigenvalue weighted by atomic mass is 10.2. The number of benzene rings is 1. The van der Waals surface area contributed by atoms with E-state index in [1.807, 2.05) is 54.8 Å². The number of likely N-dealkylation sites (tertiary alicyclic amines) is 1. The predicted octanol–water partition coefficient (Wildman–Crippen LogP) is 3.83. The molecule has 1 aromatic rings. The van der Waals surface area contributed by atoms with Crippen molar-refractivity contribution in [3.8, 4) is 0 Å². The minimum absolute atomic E-state index is 0.00512. The van der Waals surface area contributed by atoms with Crippen molar-refractivity contribution in [2.45, 2.75) is 33.0 Å². The molecule has 122 valence electrons. The Bertz CT molecular complexity index is 493. The topological polar surface area (TPSA) is 41.6 Å². The monoisotopic (exact) mass is 322 g/mol. The van der Waals surface area contributed by atoms with Crippen LogP contribution in [0.1, 0.15) is 25.8 Å².